The quantitative estimate of drug-likeness (QED) is 0.308. The first kappa shape index (κ1) is 23.4. The number of aromatic nitrogens is 2. The lowest BCUT2D eigenvalue weighted by molar-refractivity contribution is -0.132. The van der Waals surface area contributed by atoms with Crippen molar-refractivity contribution in [3.63, 3.8) is 0 Å². The first-order chi connectivity index (χ1) is 15.7. The van der Waals surface area contributed by atoms with Crippen molar-refractivity contribution < 1.29 is 4.79 Å². The molecule has 0 saturated carbocycles. The molecule has 2 heterocycles. The molecule has 1 saturated heterocycles. The van der Waals surface area contributed by atoms with E-state index >= 15 is 0 Å². The van der Waals surface area contributed by atoms with Crippen LogP contribution in [0.2, 0.25) is 5.02 Å². The number of carbonyl (C=O) groups excluding carboxylic acids is 1. The molecule has 6 heteroatoms. The Bertz CT molecular complexity index is 937. The van der Waals surface area contributed by atoms with E-state index in [2.05, 4.69) is 34.6 Å². The van der Waals surface area contributed by atoms with E-state index in [0.29, 0.717) is 11.8 Å². The van der Waals surface area contributed by atoms with Gasteiger partial charge in [-0.15, -0.1) is 0 Å². The van der Waals surface area contributed by atoms with Crippen molar-refractivity contribution in [2.24, 2.45) is 0 Å². The molecule has 1 aromatic heterocycles. The summed E-state index contributed by atoms with van der Waals surface area (Å²) in [6.45, 7) is 3.98. The molecule has 1 atom stereocenters. The molecule has 1 aromatic carbocycles. The molecule has 2 aliphatic rings. The third-order valence-electron chi connectivity index (χ3n) is 6.74. The zero-order valence-corrected chi connectivity index (χ0v) is 20.6. The summed E-state index contributed by atoms with van der Waals surface area (Å²) < 4.78 is 2.30. The lowest BCUT2D eigenvalue weighted by atomic mass is 9.97. The minimum Gasteiger partial charge on any atom is -0.339 e. The number of carbonyl (C=O) groups is 1. The van der Waals surface area contributed by atoms with Gasteiger partial charge in [-0.3, -0.25) is 4.79 Å². The highest BCUT2D eigenvalue weighted by atomic mass is 35.5. The van der Waals surface area contributed by atoms with Crippen LogP contribution in [0.15, 0.2) is 47.3 Å². The maximum absolute atomic E-state index is 13.0. The van der Waals surface area contributed by atoms with E-state index in [0.717, 1.165) is 60.2 Å². The molecule has 1 aliphatic heterocycles. The van der Waals surface area contributed by atoms with Crippen LogP contribution in [0, 0.1) is 0 Å². The van der Waals surface area contributed by atoms with E-state index in [1.54, 1.807) is 17.3 Å². The van der Waals surface area contributed by atoms with Crippen LogP contribution in [-0.4, -0.2) is 38.7 Å². The summed E-state index contributed by atoms with van der Waals surface area (Å²) in [4.78, 5) is 19.9. The zero-order chi connectivity index (χ0) is 22.3. The highest BCUT2D eigenvalue weighted by Gasteiger charge is 2.25. The number of hydrogen-bond donors (Lipinski definition) is 0. The van der Waals surface area contributed by atoms with Crippen LogP contribution in [0.5, 0.6) is 0 Å². The number of hydrogen-bond acceptors (Lipinski definition) is 3. The fraction of sp³-hybridized carbons (Fsp3) is 0.538. The number of allylic oxidation sites excluding steroid dienone is 2. The number of benzene rings is 1. The Morgan fingerprint density at radius 1 is 1.19 bits per heavy atom. The maximum atomic E-state index is 13.0. The van der Waals surface area contributed by atoms with Gasteiger partial charge in [0.1, 0.15) is 0 Å². The van der Waals surface area contributed by atoms with Crippen molar-refractivity contribution in [2.75, 3.05) is 12.3 Å². The Morgan fingerprint density at radius 2 is 2.03 bits per heavy atom. The molecule has 4 nitrogen and oxygen atoms in total. The third-order valence-corrected chi connectivity index (χ3v) is 7.97. The van der Waals surface area contributed by atoms with Gasteiger partial charge in [0.05, 0.1) is 17.6 Å². The van der Waals surface area contributed by atoms with Gasteiger partial charge in [0, 0.05) is 24.2 Å². The van der Waals surface area contributed by atoms with E-state index in [4.69, 9.17) is 16.6 Å². The molecule has 4 rings (SSSR count). The van der Waals surface area contributed by atoms with Gasteiger partial charge < -0.3 is 9.47 Å². The molecule has 0 spiro atoms. The van der Waals surface area contributed by atoms with Crippen LogP contribution in [0.1, 0.15) is 64.7 Å². The Labute approximate surface area is 201 Å². The van der Waals surface area contributed by atoms with Gasteiger partial charge >= 0.3 is 0 Å². The number of nitrogens with zero attached hydrogens (tertiary/aromatic N) is 3. The normalized spacial score (nSPS) is 19.1. The summed E-state index contributed by atoms with van der Waals surface area (Å²) in [6.07, 6.45) is 15.0. The maximum Gasteiger partial charge on any atom is 0.233 e. The fourth-order valence-corrected chi connectivity index (χ4v) is 5.91. The summed E-state index contributed by atoms with van der Waals surface area (Å²) in [6, 6.07) is 8.36. The van der Waals surface area contributed by atoms with E-state index in [1.807, 2.05) is 18.3 Å². The average molecular weight is 472 g/mol. The smallest absolute Gasteiger partial charge is 0.233 e. The molecule has 0 N–H and O–H groups in total. The lowest BCUT2D eigenvalue weighted by Gasteiger charge is -2.35. The molecular weight excluding hydrogens is 438 g/mol. The minimum atomic E-state index is 0.249. The number of piperidine rings is 1. The second-order valence-electron chi connectivity index (χ2n) is 8.88. The van der Waals surface area contributed by atoms with Crippen molar-refractivity contribution in [1.29, 1.82) is 0 Å². The Balaban J connectivity index is 1.50. The van der Waals surface area contributed by atoms with Crippen molar-refractivity contribution in [2.45, 2.75) is 82.5 Å². The van der Waals surface area contributed by atoms with Gasteiger partial charge in [-0.05, 0) is 75.5 Å². The third kappa shape index (κ3) is 5.79. The predicted octanol–water partition coefficient (Wildman–Crippen LogP) is 6.98. The van der Waals surface area contributed by atoms with E-state index in [1.165, 1.54) is 32.1 Å². The van der Waals surface area contributed by atoms with Gasteiger partial charge in [-0.2, -0.15) is 0 Å². The monoisotopic (exact) mass is 471 g/mol. The van der Waals surface area contributed by atoms with Gasteiger partial charge in [0.15, 0.2) is 5.16 Å². The van der Waals surface area contributed by atoms with Crippen LogP contribution in [0.3, 0.4) is 0 Å². The largest absolute Gasteiger partial charge is 0.339 e. The first-order valence-corrected chi connectivity index (χ1v) is 13.4. The summed E-state index contributed by atoms with van der Waals surface area (Å²) in [5.74, 6) is 0.704. The molecule has 1 unspecified atom stereocenters. The van der Waals surface area contributed by atoms with Crippen molar-refractivity contribution in [3.8, 4) is 11.3 Å². The number of amides is 1. The van der Waals surface area contributed by atoms with Crippen LogP contribution < -0.4 is 0 Å². The van der Waals surface area contributed by atoms with Crippen molar-refractivity contribution >= 4 is 29.3 Å². The van der Waals surface area contributed by atoms with Crippen molar-refractivity contribution in [1.82, 2.24) is 14.5 Å². The highest BCUT2D eigenvalue weighted by Crippen LogP contribution is 2.30. The standard InChI is InChI=1S/C26H34ClN3OS/c1-2-23-10-6-7-16-29(23)25(31)19-32-26-28-18-24(21-11-13-22(27)14-12-21)30(26)17-15-20-8-4-3-5-9-20/h8,11-14,18,23H,2-7,9-10,15-17,19H2,1H3. The number of halogens is 1. The second kappa shape index (κ2) is 11.4. The van der Waals surface area contributed by atoms with E-state index < -0.39 is 0 Å². The average Bonchev–Trinajstić information content (AvgIpc) is 3.25. The van der Waals surface area contributed by atoms with Crippen LogP contribution in [0.4, 0.5) is 0 Å². The SMILES string of the molecule is CCC1CCCCN1C(=O)CSc1ncc(-c2ccc(Cl)cc2)n1CCC1=CCCCC1. The second-order valence-corrected chi connectivity index (χ2v) is 10.3. The summed E-state index contributed by atoms with van der Waals surface area (Å²) in [5, 5.41) is 1.67. The molecule has 1 aliphatic carbocycles. The number of imidazole rings is 1. The number of thioether (sulfide) groups is 1. The molecule has 0 radical (unpaired) electrons. The summed E-state index contributed by atoms with van der Waals surface area (Å²) >= 11 is 7.69. The Hall–Kier alpha value is -1.72. The van der Waals surface area contributed by atoms with Gasteiger partial charge in [-0.1, -0.05) is 54.1 Å². The zero-order valence-electron chi connectivity index (χ0n) is 19.1. The van der Waals surface area contributed by atoms with Crippen LogP contribution >= 0.6 is 23.4 Å². The molecule has 0 bridgehead atoms. The predicted molar refractivity (Wildman–Crippen MR) is 134 cm³/mol. The molecule has 2 aromatic rings. The number of likely N-dealkylation sites (tertiary alicyclic amines) is 1. The topological polar surface area (TPSA) is 38.1 Å². The summed E-state index contributed by atoms with van der Waals surface area (Å²) in [7, 11) is 0. The van der Waals surface area contributed by atoms with Crippen LogP contribution in [-0.2, 0) is 11.3 Å². The summed E-state index contributed by atoms with van der Waals surface area (Å²) in [5.41, 5.74) is 3.76. The van der Waals surface area contributed by atoms with Crippen LogP contribution in [0.25, 0.3) is 11.3 Å². The molecule has 172 valence electrons. The molecule has 32 heavy (non-hydrogen) atoms. The number of rotatable bonds is 8. The first-order valence-electron chi connectivity index (χ1n) is 12.1. The van der Waals surface area contributed by atoms with Gasteiger partial charge in [-0.25, -0.2) is 4.98 Å². The van der Waals surface area contributed by atoms with Gasteiger partial charge in [0.2, 0.25) is 5.91 Å². The highest BCUT2D eigenvalue weighted by molar-refractivity contribution is 7.99. The van der Waals surface area contributed by atoms with Gasteiger partial charge in [0.25, 0.3) is 0 Å². The molecular formula is C26H34ClN3OS. The Kier molecular flexibility index (Phi) is 8.37. The van der Waals surface area contributed by atoms with E-state index in [9.17, 15) is 4.79 Å². The fourth-order valence-electron chi connectivity index (χ4n) is 4.89. The lowest BCUT2D eigenvalue weighted by Crippen LogP contribution is -2.44. The molecule has 1 amide bonds. The Morgan fingerprint density at radius 3 is 2.78 bits per heavy atom. The van der Waals surface area contributed by atoms with E-state index in [-0.39, 0.29) is 5.91 Å². The molecule has 1 fully saturated rings. The van der Waals surface area contributed by atoms with Crippen molar-refractivity contribution in [3.05, 3.63) is 47.1 Å². The minimum absolute atomic E-state index is 0.249.